The zero-order valence-corrected chi connectivity index (χ0v) is 8.41. The summed E-state index contributed by atoms with van der Waals surface area (Å²) < 4.78 is 1.78. The van der Waals surface area contributed by atoms with Gasteiger partial charge in [-0.3, -0.25) is 4.68 Å². The molecule has 0 bridgehead atoms. The molecular formula is C9H17N3O. The van der Waals surface area contributed by atoms with E-state index < -0.39 is 0 Å². The summed E-state index contributed by atoms with van der Waals surface area (Å²) in [5.74, 6) is 0. The molecule has 1 heterocycles. The fourth-order valence-corrected chi connectivity index (χ4v) is 1.43. The molecule has 0 saturated heterocycles. The van der Waals surface area contributed by atoms with Gasteiger partial charge in [-0.1, -0.05) is 6.92 Å². The maximum atomic E-state index is 9.25. The Morgan fingerprint density at radius 3 is 2.62 bits per heavy atom. The van der Waals surface area contributed by atoms with Crippen molar-refractivity contribution in [2.24, 2.45) is 12.8 Å². The van der Waals surface area contributed by atoms with Gasteiger partial charge in [-0.15, -0.1) is 0 Å². The van der Waals surface area contributed by atoms with Crippen LogP contribution in [0.25, 0.3) is 0 Å². The fraction of sp³-hybridized carbons (Fsp3) is 0.667. The van der Waals surface area contributed by atoms with Crippen LogP contribution in [0.4, 0.5) is 0 Å². The molecule has 3 N–H and O–H groups in total. The van der Waals surface area contributed by atoms with Crippen molar-refractivity contribution >= 4 is 0 Å². The van der Waals surface area contributed by atoms with Crippen LogP contribution in [0.3, 0.4) is 0 Å². The zero-order valence-electron chi connectivity index (χ0n) is 8.41. The van der Waals surface area contributed by atoms with Crippen LogP contribution >= 0.6 is 0 Å². The van der Waals surface area contributed by atoms with Gasteiger partial charge in [0.15, 0.2) is 0 Å². The van der Waals surface area contributed by atoms with Gasteiger partial charge in [0.05, 0.1) is 12.3 Å². The molecule has 1 rings (SSSR count). The van der Waals surface area contributed by atoms with E-state index in [1.807, 2.05) is 27.0 Å². The molecular weight excluding hydrogens is 166 g/mol. The highest BCUT2D eigenvalue weighted by Crippen LogP contribution is 2.21. The van der Waals surface area contributed by atoms with Gasteiger partial charge in [0, 0.05) is 24.7 Å². The molecule has 0 aliphatic rings. The van der Waals surface area contributed by atoms with Gasteiger partial charge in [0.25, 0.3) is 0 Å². The summed E-state index contributed by atoms with van der Waals surface area (Å²) >= 11 is 0. The third-order valence-electron chi connectivity index (χ3n) is 2.42. The number of hydrogen-bond acceptors (Lipinski definition) is 3. The van der Waals surface area contributed by atoms with Gasteiger partial charge < -0.3 is 10.8 Å². The molecule has 74 valence electrons. The van der Waals surface area contributed by atoms with E-state index in [-0.39, 0.29) is 12.0 Å². The second kappa shape index (κ2) is 3.47. The number of rotatable bonds is 3. The lowest BCUT2D eigenvalue weighted by Crippen LogP contribution is -2.37. The van der Waals surface area contributed by atoms with Crippen molar-refractivity contribution in [3.8, 4) is 0 Å². The maximum absolute atomic E-state index is 9.25. The van der Waals surface area contributed by atoms with Crippen LogP contribution in [-0.2, 0) is 12.5 Å². The predicted octanol–water partition coefficient (Wildman–Crippen LogP) is -0.0628. The normalized spacial score (nSPS) is 15.8. The Kier molecular flexibility index (Phi) is 2.73. The summed E-state index contributed by atoms with van der Waals surface area (Å²) in [6.45, 7) is 4.33. The van der Waals surface area contributed by atoms with Crippen LogP contribution in [0.5, 0.6) is 0 Å². The van der Waals surface area contributed by atoms with Crippen molar-refractivity contribution < 1.29 is 5.11 Å². The standard InChI is InChI=1S/C9H17N3O/c1-7-4-8(12(3)11-7)9(2,5-10)6-13/h4,13H,5-6,10H2,1-3H3. The molecule has 0 aromatic carbocycles. The predicted molar refractivity (Wildman–Crippen MR) is 51.4 cm³/mol. The SMILES string of the molecule is Cc1cc(C(C)(CN)CO)n(C)n1. The number of aromatic nitrogens is 2. The lowest BCUT2D eigenvalue weighted by Gasteiger charge is -2.25. The number of aliphatic hydroxyl groups is 1. The Bertz CT molecular complexity index is 289. The zero-order chi connectivity index (χ0) is 10.1. The van der Waals surface area contributed by atoms with Crippen LogP contribution in [0.2, 0.25) is 0 Å². The first-order chi connectivity index (χ1) is 6.03. The molecule has 0 amide bonds. The van der Waals surface area contributed by atoms with Crippen LogP contribution < -0.4 is 5.73 Å². The summed E-state index contributed by atoms with van der Waals surface area (Å²) in [5.41, 5.74) is 7.18. The average Bonchev–Trinajstić information content (AvgIpc) is 2.44. The summed E-state index contributed by atoms with van der Waals surface area (Å²) in [7, 11) is 1.87. The summed E-state index contributed by atoms with van der Waals surface area (Å²) in [6, 6.07) is 1.96. The fourth-order valence-electron chi connectivity index (χ4n) is 1.43. The first-order valence-electron chi connectivity index (χ1n) is 4.35. The van der Waals surface area contributed by atoms with Crippen LogP contribution in [0.15, 0.2) is 6.07 Å². The molecule has 1 atom stereocenters. The number of aryl methyl sites for hydroxylation is 2. The van der Waals surface area contributed by atoms with E-state index in [2.05, 4.69) is 5.10 Å². The highest BCUT2D eigenvalue weighted by molar-refractivity contribution is 5.19. The molecule has 1 unspecified atom stereocenters. The summed E-state index contributed by atoms with van der Waals surface area (Å²) in [5, 5.41) is 13.5. The van der Waals surface area contributed by atoms with E-state index in [9.17, 15) is 5.11 Å². The number of nitrogens with two attached hydrogens (primary N) is 1. The molecule has 13 heavy (non-hydrogen) atoms. The van der Waals surface area contributed by atoms with Crippen molar-refractivity contribution in [2.75, 3.05) is 13.2 Å². The van der Waals surface area contributed by atoms with E-state index in [4.69, 9.17) is 5.73 Å². The first kappa shape index (κ1) is 10.2. The van der Waals surface area contributed by atoms with Gasteiger partial charge in [-0.25, -0.2) is 0 Å². The minimum absolute atomic E-state index is 0.0441. The quantitative estimate of drug-likeness (QED) is 0.690. The van der Waals surface area contributed by atoms with Crippen molar-refractivity contribution in [1.82, 2.24) is 9.78 Å². The average molecular weight is 183 g/mol. The highest BCUT2D eigenvalue weighted by Gasteiger charge is 2.27. The molecule has 0 aliphatic carbocycles. The third-order valence-corrected chi connectivity index (χ3v) is 2.42. The third kappa shape index (κ3) is 1.73. The van der Waals surface area contributed by atoms with E-state index in [1.165, 1.54) is 0 Å². The summed E-state index contributed by atoms with van der Waals surface area (Å²) in [6.07, 6.45) is 0. The topological polar surface area (TPSA) is 64.1 Å². The Morgan fingerprint density at radius 2 is 2.31 bits per heavy atom. The number of nitrogens with zero attached hydrogens (tertiary/aromatic N) is 2. The molecule has 1 aromatic rings. The molecule has 0 spiro atoms. The van der Waals surface area contributed by atoms with Gasteiger partial charge in [0.2, 0.25) is 0 Å². The van der Waals surface area contributed by atoms with E-state index in [0.29, 0.717) is 6.54 Å². The first-order valence-corrected chi connectivity index (χ1v) is 4.35. The van der Waals surface area contributed by atoms with Crippen molar-refractivity contribution in [3.05, 3.63) is 17.5 Å². The molecule has 0 aliphatic heterocycles. The van der Waals surface area contributed by atoms with Crippen molar-refractivity contribution in [3.63, 3.8) is 0 Å². The lowest BCUT2D eigenvalue weighted by molar-refractivity contribution is 0.203. The smallest absolute Gasteiger partial charge is 0.0596 e. The van der Waals surface area contributed by atoms with Gasteiger partial charge >= 0.3 is 0 Å². The van der Waals surface area contributed by atoms with Crippen LogP contribution in [0, 0.1) is 6.92 Å². The Hall–Kier alpha value is -0.870. The molecule has 4 nitrogen and oxygen atoms in total. The molecule has 0 saturated carbocycles. The minimum atomic E-state index is -0.379. The minimum Gasteiger partial charge on any atom is -0.395 e. The summed E-state index contributed by atoms with van der Waals surface area (Å²) in [4.78, 5) is 0. The largest absolute Gasteiger partial charge is 0.395 e. The van der Waals surface area contributed by atoms with E-state index in [0.717, 1.165) is 11.4 Å². The Balaban J connectivity index is 3.11. The molecule has 1 aromatic heterocycles. The van der Waals surface area contributed by atoms with Gasteiger partial charge in [0.1, 0.15) is 0 Å². The maximum Gasteiger partial charge on any atom is 0.0596 e. The second-order valence-corrected chi connectivity index (χ2v) is 3.72. The number of hydrogen-bond donors (Lipinski definition) is 2. The van der Waals surface area contributed by atoms with Crippen LogP contribution in [-0.4, -0.2) is 28.0 Å². The Morgan fingerprint density at radius 1 is 1.69 bits per heavy atom. The molecule has 4 heteroatoms. The van der Waals surface area contributed by atoms with Gasteiger partial charge in [-0.05, 0) is 13.0 Å². The van der Waals surface area contributed by atoms with E-state index >= 15 is 0 Å². The highest BCUT2D eigenvalue weighted by atomic mass is 16.3. The van der Waals surface area contributed by atoms with Crippen molar-refractivity contribution in [2.45, 2.75) is 19.3 Å². The number of aliphatic hydroxyl groups excluding tert-OH is 1. The van der Waals surface area contributed by atoms with Gasteiger partial charge in [-0.2, -0.15) is 5.10 Å². The Labute approximate surface area is 78.4 Å². The van der Waals surface area contributed by atoms with Crippen LogP contribution in [0.1, 0.15) is 18.3 Å². The second-order valence-electron chi connectivity index (χ2n) is 3.72. The lowest BCUT2D eigenvalue weighted by atomic mass is 9.87. The molecule has 0 fully saturated rings. The monoisotopic (exact) mass is 183 g/mol. The van der Waals surface area contributed by atoms with E-state index in [1.54, 1.807) is 4.68 Å². The van der Waals surface area contributed by atoms with Crippen molar-refractivity contribution in [1.29, 1.82) is 0 Å². The molecule has 0 radical (unpaired) electrons.